The van der Waals surface area contributed by atoms with Crippen molar-refractivity contribution in [3.05, 3.63) is 29.3 Å². The van der Waals surface area contributed by atoms with Gasteiger partial charge in [-0.15, -0.1) is 0 Å². The quantitative estimate of drug-likeness (QED) is 0.904. The molecule has 1 fully saturated rings. The van der Waals surface area contributed by atoms with Gasteiger partial charge in [-0.2, -0.15) is 0 Å². The Bertz CT molecular complexity index is 541. The molecule has 0 bridgehead atoms. The van der Waals surface area contributed by atoms with Crippen molar-refractivity contribution in [2.75, 3.05) is 13.1 Å². The normalized spacial score (nSPS) is 17.1. The van der Waals surface area contributed by atoms with Crippen LogP contribution in [0.3, 0.4) is 0 Å². The first-order valence-electron chi connectivity index (χ1n) is 7.45. The van der Waals surface area contributed by atoms with Crippen molar-refractivity contribution in [2.45, 2.75) is 32.3 Å². The fourth-order valence-corrected chi connectivity index (χ4v) is 2.73. The fraction of sp³-hybridized carbons (Fsp3) is 0.500. The molecule has 2 rings (SSSR count). The average Bonchev–Trinajstić information content (AvgIpc) is 2.53. The Morgan fingerprint density at radius 2 is 2.00 bits per heavy atom. The molecule has 0 aliphatic carbocycles. The standard InChI is InChI=1S/C16H20ClNO4/c1-2-13(22-14-6-4-3-5-12(14)17)15(19)18-9-7-11(8-10-18)16(20)21/h3-6,11,13H,2,7-10H2,1H3,(H,20,21). The molecule has 22 heavy (non-hydrogen) atoms. The van der Waals surface area contributed by atoms with E-state index in [1.807, 2.05) is 6.92 Å². The lowest BCUT2D eigenvalue weighted by Crippen LogP contribution is -2.46. The van der Waals surface area contributed by atoms with Crippen molar-refractivity contribution < 1.29 is 19.4 Å². The third-order valence-corrected chi connectivity index (χ3v) is 4.22. The van der Waals surface area contributed by atoms with Gasteiger partial charge >= 0.3 is 5.97 Å². The van der Waals surface area contributed by atoms with Gasteiger partial charge < -0.3 is 14.7 Å². The molecule has 1 aromatic carbocycles. The summed E-state index contributed by atoms with van der Waals surface area (Å²) in [6.45, 7) is 2.79. The highest BCUT2D eigenvalue weighted by Gasteiger charge is 2.31. The van der Waals surface area contributed by atoms with Gasteiger partial charge in [0.05, 0.1) is 10.9 Å². The maximum atomic E-state index is 12.5. The van der Waals surface area contributed by atoms with Crippen LogP contribution in [-0.2, 0) is 9.59 Å². The zero-order chi connectivity index (χ0) is 16.1. The second-order valence-corrected chi connectivity index (χ2v) is 5.79. The molecule has 0 spiro atoms. The molecule has 0 saturated carbocycles. The average molecular weight is 326 g/mol. The molecule has 1 saturated heterocycles. The number of para-hydroxylation sites is 1. The molecule has 1 aliphatic heterocycles. The monoisotopic (exact) mass is 325 g/mol. The number of carbonyl (C=O) groups excluding carboxylic acids is 1. The lowest BCUT2D eigenvalue weighted by Gasteiger charge is -2.32. The van der Waals surface area contributed by atoms with Gasteiger partial charge in [-0.3, -0.25) is 9.59 Å². The number of aliphatic carboxylic acids is 1. The first kappa shape index (κ1) is 16.6. The van der Waals surface area contributed by atoms with E-state index in [0.29, 0.717) is 43.1 Å². The molecule has 1 unspecified atom stereocenters. The Morgan fingerprint density at radius 1 is 1.36 bits per heavy atom. The number of halogens is 1. The molecular formula is C16H20ClNO4. The van der Waals surface area contributed by atoms with E-state index >= 15 is 0 Å². The molecule has 6 heteroatoms. The van der Waals surface area contributed by atoms with Crippen molar-refractivity contribution in [2.24, 2.45) is 5.92 Å². The van der Waals surface area contributed by atoms with Crippen molar-refractivity contribution in [3.63, 3.8) is 0 Å². The summed E-state index contributed by atoms with van der Waals surface area (Å²) < 4.78 is 5.74. The predicted molar refractivity (Wildman–Crippen MR) is 83.1 cm³/mol. The highest BCUT2D eigenvalue weighted by atomic mass is 35.5. The van der Waals surface area contributed by atoms with E-state index in [1.54, 1.807) is 29.2 Å². The van der Waals surface area contributed by atoms with Crippen LogP contribution in [0.15, 0.2) is 24.3 Å². The SMILES string of the molecule is CCC(Oc1ccccc1Cl)C(=O)N1CCC(C(=O)O)CC1. The number of likely N-dealkylation sites (tertiary alicyclic amines) is 1. The minimum absolute atomic E-state index is 0.105. The highest BCUT2D eigenvalue weighted by molar-refractivity contribution is 6.32. The zero-order valence-corrected chi connectivity index (χ0v) is 13.3. The zero-order valence-electron chi connectivity index (χ0n) is 12.5. The number of hydrogen-bond acceptors (Lipinski definition) is 3. The maximum absolute atomic E-state index is 12.5. The van der Waals surface area contributed by atoms with Gasteiger partial charge in [-0.1, -0.05) is 30.7 Å². The third kappa shape index (κ3) is 3.91. The molecular weight excluding hydrogens is 306 g/mol. The molecule has 1 atom stereocenters. The highest BCUT2D eigenvalue weighted by Crippen LogP contribution is 2.26. The molecule has 0 aromatic heterocycles. The largest absolute Gasteiger partial charge is 0.481 e. The van der Waals surface area contributed by atoms with Crippen molar-refractivity contribution >= 4 is 23.5 Å². The van der Waals surface area contributed by atoms with Gasteiger partial charge in [0.25, 0.3) is 5.91 Å². The number of rotatable bonds is 5. The van der Waals surface area contributed by atoms with E-state index in [9.17, 15) is 9.59 Å². The predicted octanol–water partition coefficient (Wildman–Crippen LogP) is 2.82. The number of piperidine rings is 1. The second kappa shape index (κ2) is 7.49. The van der Waals surface area contributed by atoms with Crippen LogP contribution in [0.2, 0.25) is 5.02 Å². The molecule has 1 amide bonds. The van der Waals surface area contributed by atoms with E-state index in [0.717, 1.165) is 0 Å². The van der Waals surface area contributed by atoms with Crippen LogP contribution in [0.25, 0.3) is 0 Å². The number of carboxylic acids is 1. The Balaban J connectivity index is 1.98. The van der Waals surface area contributed by atoms with E-state index in [1.165, 1.54) is 0 Å². The van der Waals surface area contributed by atoms with Crippen LogP contribution in [0.4, 0.5) is 0 Å². The van der Waals surface area contributed by atoms with Gasteiger partial charge in [0.1, 0.15) is 5.75 Å². The van der Waals surface area contributed by atoms with Crippen LogP contribution in [0, 0.1) is 5.92 Å². The van der Waals surface area contributed by atoms with E-state index in [2.05, 4.69) is 0 Å². The summed E-state index contributed by atoms with van der Waals surface area (Å²) in [4.78, 5) is 25.2. The first-order valence-corrected chi connectivity index (χ1v) is 7.83. The van der Waals surface area contributed by atoms with E-state index in [-0.39, 0.29) is 11.8 Å². The smallest absolute Gasteiger partial charge is 0.306 e. The first-order chi connectivity index (χ1) is 10.5. The number of nitrogens with zero attached hydrogens (tertiary/aromatic N) is 1. The minimum Gasteiger partial charge on any atom is -0.481 e. The molecule has 1 aliphatic rings. The Labute approximate surface area is 134 Å². The van der Waals surface area contributed by atoms with E-state index in [4.69, 9.17) is 21.4 Å². The van der Waals surface area contributed by atoms with E-state index < -0.39 is 12.1 Å². The summed E-state index contributed by atoms with van der Waals surface area (Å²) in [6.07, 6.45) is 0.914. The van der Waals surface area contributed by atoms with Crippen molar-refractivity contribution in [1.29, 1.82) is 0 Å². The number of ether oxygens (including phenoxy) is 1. The van der Waals surface area contributed by atoms with Gasteiger partial charge in [-0.05, 0) is 31.4 Å². The lowest BCUT2D eigenvalue weighted by molar-refractivity contribution is -0.147. The summed E-state index contributed by atoms with van der Waals surface area (Å²) in [5.74, 6) is -0.754. The number of carbonyl (C=O) groups is 2. The Hall–Kier alpha value is -1.75. The number of carboxylic acid groups (broad SMARTS) is 1. The van der Waals surface area contributed by atoms with Crippen LogP contribution in [0.5, 0.6) is 5.75 Å². The topological polar surface area (TPSA) is 66.8 Å². The Morgan fingerprint density at radius 3 is 2.55 bits per heavy atom. The summed E-state index contributed by atoms with van der Waals surface area (Å²) in [7, 11) is 0. The van der Waals surface area contributed by atoms with Crippen LogP contribution in [-0.4, -0.2) is 41.1 Å². The van der Waals surface area contributed by atoms with Gasteiger partial charge in [0.15, 0.2) is 6.10 Å². The number of hydrogen-bond donors (Lipinski definition) is 1. The molecule has 1 aromatic rings. The Kier molecular flexibility index (Phi) is 5.66. The summed E-state index contributed by atoms with van der Waals surface area (Å²) in [5.41, 5.74) is 0. The summed E-state index contributed by atoms with van der Waals surface area (Å²) in [5, 5.41) is 9.47. The van der Waals surface area contributed by atoms with Crippen LogP contribution in [0.1, 0.15) is 26.2 Å². The number of benzene rings is 1. The molecule has 5 nitrogen and oxygen atoms in total. The molecule has 0 radical (unpaired) electrons. The third-order valence-electron chi connectivity index (χ3n) is 3.91. The second-order valence-electron chi connectivity index (χ2n) is 5.38. The van der Waals surface area contributed by atoms with Gasteiger partial charge in [0.2, 0.25) is 0 Å². The van der Waals surface area contributed by atoms with Gasteiger partial charge in [-0.25, -0.2) is 0 Å². The fourth-order valence-electron chi connectivity index (χ4n) is 2.55. The van der Waals surface area contributed by atoms with Crippen molar-refractivity contribution in [3.8, 4) is 5.75 Å². The van der Waals surface area contributed by atoms with Crippen LogP contribution >= 0.6 is 11.6 Å². The molecule has 1 N–H and O–H groups in total. The van der Waals surface area contributed by atoms with Crippen LogP contribution < -0.4 is 4.74 Å². The van der Waals surface area contributed by atoms with Gasteiger partial charge in [0, 0.05) is 13.1 Å². The maximum Gasteiger partial charge on any atom is 0.306 e. The minimum atomic E-state index is -0.786. The molecule has 1 heterocycles. The van der Waals surface area contributed by atoms with Crippen molar-refractivity contribution in [1.82, 2.24) is 4.90 Å². The summed E-state index contributed by atoms with van der Waals surface area (Å²) in [6, 6.07) is 7.05. The lowest BCUT2D eigenvalue weighted by atomic mass is 9.96. The molecule has 120 valence electrons. The number of amides is 1. The summed E-state index contributed by atoms with van der Waals surface area (Å²) >= 11 is 6.05.